The van der Waals surface area contributed by atoms with Crippen LogP contribution in [0.25, 0.3) is 79.3 Å². The lowest BCUT2D eigenvalue weighted by atomic mass is 9.97. The van der Waals surface area contributed by atoms with Crippen molar-refractivity contribution < 1.29 is 0 Å². The van der Waals surface area contributed by atoms with Gasteiger partial charge in [0, 0.05) is 62.4 Å². The Labute approximate surface area is 320 Å². The molecule has 3 nitrogen and oxygen atoms in total. The molecule has 0 fully saturated rings. The predicted molar refractivity (Wildman–Crippen MR) is 232 cm³/mol. The second kappa shape index (κ2) is 12.6. The quantitative estimate of drug-likeness (QED) is 0.192. The average molecular weight is 726 g/mol. The van der Waals surface area contributed by atoms with Crippen molar-refractivity contribution in [1.29, 1.82) is 0 Å². The van der Waals surface area contributed by atoms with E-state index < -0.39 is 0 Å². The van der Waals surface area contributed by atoms with Gasteiger partial charge < -0.3 is 5.32 Å². The molecule has 10 aromatic rings. The van der Waals surface area contributed by atoms with Crippen molar-refractivity contribution in [3.05, 3.63) is 193 Å². The SMILES string of the molecule is C1=C(c2ccc3sc4c5ccccc5nc(-c5ccccc5)c4c3c2)N=C(c2ccc(-c3cccc4c3sc3ccccc34)cc2)NC1c1ccccc1. The first kappa shape index (κ1) is 31.2. The monoisotopic (exact) mass is 725 g/mol. The molecule has 3 aromatic heterocycles. The van der Waals surface area contributed by atoms with Gasteiger partial charge in [0.05, 0.1) is 22.9 Å². The van der Waals surface area contributed by atoms with E-state index in [2.05, 4.69) is 181 Å². The Morgan fingerprint density at radius 3 is 2.00 bits per heavy atom. The van der Waals surface area contributed by atoms with Gasteiger partial charge >= 0.3 is 0 Å². The van der Waals surface area contributed by atoms with Gasteiger partial charge in [-0.15, -0.1) is 22.7 Å². The summed E-state index contributed by atoms with van der Waals surface area (Å²) in [5.41, 5.74) is 9.90. The highest BCUT2D eigenvalue weighted by Gasteiger charge is 2.22. The van der Waals surface area contributed by atoms with Crippen molar-refractivity contribution in [2.75, 3.05) is 0 Å². The van der Waals surface area contributed by atoms with Gasteiger partial charge in [-0.05, 0) is 47.0 Å². The van der Waals surface area contributed by atoms with E-state index in [0.717, 1.165) is 39.4 Å². The second-order valence-corrected chi connectivity index (χ2v) is 15.9. The van der Waals surface area contributed by atoms with E-state index in [0.29, 0.717) is 0 Å². The highest BCUT2D eigenvalue weighted by molar-refractivity contribution is 7.27. The number of para-hydroxylation sites is 1. The first-order chi connectivity index (χ1) is 26.7. The molecule has 1 unspecified atom stereocenters. The van der Waals surface area contributed by atoms with Crippen molar-refractivity contribution in [3.63, 3.8) is 0 Å². The van der Waals surface area contributed by atoms with Crippen LogP contribution in [-0.2, 0) is 0 Å². The molecule has 0 saturated carbocycles. The maximum absolute atomic E-state index is 5.34. The molecule has 7 aromatic carbocycles. The van der Waals surface area contributed by atoms with Gasteiger partial charge in [-0.3, -0.25) is 0 Å². The van der Waals surface area contributed by atoms with Crippen LogP contribution in [0.2, 0.25) is 0 Å². The minimum atomic E-state index is -0.0407. The molecule has 0 spiro atoms. The van der Waals surface area contributed by atoms with Crippen LogP contribution in [0.1, 0.15) is 22.7 Å². The summed E-state index contributed by atoms with van der Waals surface area (Å²) in [5, 5.41) is 9.99. The third-order valence-electron chi connectivity index (χ3n) is 10.5. The first-order valence-electron chi connectivity index (χ1n) is 18.2. The zero-order valence-corrected chi connectivity index (χ0v) is 30.7. The Hall–Kier alpha value is -6.40. The van der Waals surface area contributed by atoms with Gasteiger partial charge in [0.2, 0.25) is 0 Å². The zero-order valence-electron chi connectivity index (χ0n) is 29.0. The van der Waals surface area contributed by atoms with E-state index in [1.54, 1.807) is 0 Å². The summed E-state index contributed by atoms with van der Waals surface area (Å²) in [5.74, 6) is 0.862. The average Bonchev–Trinajstić information content (AvgIpc) is 3.83. The summed E-state index contributed by atoms with van der Waals surface area (Å²) in [7, 11) is 0. The van der Waals surface area contributed by atoms with Crippen LogP contribution >= 0.6 is 22.7 Å². The van der Waals surface area contributed by atoms with Gasteiger partial charge in [0.25, 0.3) is 0 Å². The number of hydrogen-bond acceptors (Lipinski definition) is 5. The Balaban J connectivity index is 1.04. The van der Waals surface area contributed by atoms with Crippen LogP contribution < -0.4 is 5.32 Å². The Bertz CT molecular complexity index is 3120. The van der Waals surface area contributed by atoms with Crippen molar-refractivity contribution in [1.82, 2.24) is 10.3 Å². The largest absolute Gasteiger partial charge is 0.359 e. The number of thiophene rings is 2. The van der Waals surface area contributed by atoms with Crippen LogP contribution in [0, 0.1) is 0 Å². The molecule has 0 aliphatic carbocycles. The normalized spacial score (nSPS) is 14.5. The number of aliphatic imine (C=N–C) groups is 1. The van der Waals surface area contributed by atoms with Crippen LogP contribution in [0.15, 0.2) is 181 Å². The number of nitrogens with one attached hydrogen (secondary N) is 1. The second-order valence-electron chi connectivity index (χ2n) is 13.8. The lowest BCUT2D eigenvalue weighted by Crippen LogP contribution is -2.31. The number of nitrogens with zero attached hydrogens (tertiary/aromatic N) is 2. The van der Waals surface area contributed by atoms with Crippen molar-refractivity contribution in [3.8, 4) is 22.4 Å². The summed E-state index contributed by atoms with van der Waals surface area (Å²) in [4.78, 5) is 10.6. The van der Waals surface area contributed by atoms with Gasteiger partial charge in [-0.2, -0.15) is 0 Å². The molecule has 0 bridgehead atoms. The van der Waals surface area contributed by atoms with Gasteiger partial charge in [-0.25, -0.2) is 9.98 Å². The fourth-order valence-electron chi connectivity index (χ4n) is 7.89. The van der Waals surface area contributed by atoms with E-state index in [1.807, 2.05) is 22.7 Å². The maximum Gasteiger partial charge on any atom is 0.134 e. The zero-order chi connectivity index (χ0) is 35.6. The van der Waals surface area contributed by atoms with Crippen LogP contribution in [-0.4, -0.2) is 10.8 Å². The van der Waals surface area contributed by atoms with E-state index in [-0.39, 0.29) is 6.04 Å². The summed E-state index contributed by atoms with van der Waals surface area (Å²) < 4.78 is 5.15. The molecular weight excluding hydrogens is 695 g/mol. The third kappa shape index (κ3) is 5.16. The van der Waals surface area contributed by atoms with Crippen molar-refractivity contribution in [2.45, 2.75) is 6.04 Å². The molecule has 1 atom stereocenters. The number of benzene rings is 7. The fourth-order valence-corrected chi connectivity index (χ4v) is 10.4. The van der Waals surface area contributed by atoms with E-state index >= 15 is 0 Å². The fraction of sp³-hybridized carbons (Fsp3) is 0.0204. The number of hydrogen-bond donors (Lipinski definition) is 1. The first-order valence-corrected chi connectivity index (χ1v) is 19.8. The number of pyridine rings is 1. The maximum atomic E-state index is 5.34. The van der Waals surface area contributed by atoms with E-state index in [1.165, 1.54) is 62.4 Å². The summed E-state index contributed by atoms with van der Waals surface area (Å²) >= 11 is 3.71. The highest BCUT2D eigenvalue weighted by Crippen LogP contribution is 2.44. The Morgan fingerprint density at radius 2 is 1.15 bits per heavy atom. The molecule has 1 N–H and O–H groups in total. The molecule has 5 heteroatoms. The molecule has 11 rings (SSSR count). The molecule has 1 aliphatic heterocycles. The lowest BCUT2D eigenvalue weighted by molar-refractivity contribution is 0.781. The molecule has 0 radical (unpaired) electrons. The Kier molecular flexibility index (Phi) is 7.29. The minimum absolute atomic E-state index is 0.0407. The highest BCUT2D eigenvalue weighted by atomic mass is 32.1. The summed E-state index contributed by atoms with van der Waals surface area (Å²) in [6, 6.07) is 60.7. The van der Waals surface area contributed by atoms with Crippen molar-refractivity contribution in [2.24, 2.45) is 4.99 Å². The van der Waals surface area contributed by atoms with E-state index in [4.69, 9.17) is 9.98 Å². The summed E-state index contributed by atoms with van der Waals surface area (Å²) in [6.45, 7) is 0. The number of rotatable bonds is 5. The van der Waals surface area contributed by atoms with Crippen LogP contribution in [0.5, 0.6) is 0 Å². The van der Waals surface area contributed by atoms with Crippen LogP contribution in [0.4, 0.5) is 0 Å². The van der Waals surface area contributed by atoms with Gasteiger partial charge in [0.1, 0.15) is 5.84 Å². The molecule has 0 amide bonds. The van der Waals surface area contributed by atoms with Crippen molar-refractivity contribution >= 4 is 85.5 Å². The molecule has 254 valence electrons. The van der Waals surface area contributed by atoms with Gasteiger partial charge in [0.15, 0.2) is 0 Å². The Morgan fingerprint density at radius 1 is 0.481 bits per heavy atom. The van der Waals surface area contributed by atoms with Gasteiger partial charge in [-0.1, -0.05) is 146 Å². The van der Waals surface area contributed by atoms with Crippen LogP contribution in [0.3, 0.4) is 0 Å². The van der Waals surface area contributed by atoms with E-state index in [9.17, 15) is 0 Å². The topological polar surface area (TPSA) is 37.3 Å². The molecular formula is C49H31N3S2. The standard InChI is InChI=1S/C49H31N3S2/c1-3-12-31(13-4-1)41-29-42(52-49(51-41)33-24-22-30(23-25-33)35-18-11-19-37-36-16-8-10-21-43(36)53-47(35)37)34-26-27-44-39(28-34)45-46(32-14-5-2-6-15-32)50-40-20-9-7-17-38(40)48(45)54-44/h1-29,41H,(H,51,52). The number of amidine groups is 1. The predicted octanol–water partition coefficient (Wildman–Crippen LogP) is 13.4. The molecule has 0 saturated heterocycles. The summed E-state index contributed by atoms with van der Waals surface area (Å²) in [6.07, 6.45) is 2.26. The molecule has 54 heavy (non-hydrogen) atoms. The lowest BCUT2D eigenvalue weighted by Gasteiger charge is -2.24. The number of fused-ring (bicyclic) bond motifs is 8. The molecule has 4 heterocycles. The minimum Gasteiger partial charge on any atom is -0.359 e. The smallest absolute Gasteiger partial charge is 0.134 e. The third-order valence-corrected chi connectivity index (χ3v) is 13.0. The number of aromatic nitrogens is 1. The molecule has 1 aliphatic rings.